The number of hydrogen-bond acceptors (Lipinski definition) is 3. The fourth-order valence-corrected chi connectivity index (χ4v) is 3.76. The van der Waals surface area contributed by atoms with E-state index in [0.29, 0.717) is 25.2 Å². The van der Waals surface area contributed by atoms with Crippen molar-refractivity contribution in [2.75, 3.05) is 13.6 Å². The topological polar surface area (TPSA) is 61.3 Å². The maximum absolute atomic E-state index is 13.2. The molecule has 4 rings (SSSR count). The molecule has 2 aromatic carbocycles. The Balaban J connectivity index is 1.43. The van der Waals surface area contributed by atoms with Gasteiger partial charge in [0.05, 0.1) is 6.10 Å². The third kappa shape index (κ3) is 4.50. The molecule has 0 fully saturated rings. The van der Waals surface area contributed by atoms with E-state index < -0.39 is 6.10 Å². The van der Waals surface area contributed by atoms with Crippen LogP contribution in [0.15, 0.2) is 77.9 Å². The van der Waals surface area contributed by atoms with Crippen molar-refractivity contribution in [3.63, 3.8) is 0 Å². The van der Waals surface area contributed by atoms with E-state index in [4.69, 9.17) is 0 Å². The molecular formula is C24H24FN3O2. The summed E-state index contributed by atoms with van der Waals surface area (Å²) in [6, 6.07) is 18.1. The van der Waals surface area contributed by atoms with Gasteiger partial charge in [0.1, 0.15) is 5.82 Å². The van der Waals surface area contributed by atoms with Crippen LogP contribution in [0.5, 0.6) is 0 Å². The summed E-state index contributed by atoms with van der Waals surface area (Å²) in [7, 11) is 1.88. The molecule has 6 heteroatoms. The smallest absolute Gasteiger partial charge is 0.252 e. The van der Waals surface area contributed by atoms with Crippen LogP contribution >= 0.6 is 0 Å². The van der Waals surface area contributed by atoms with E-state index in [0.717, 1.165) is 22.0 Å². The molecule has 5 nitrogen and oxygen atoms in total. The summed E-state index contributed by atoms with van der Waals surface area (Å²) in [6.07, 6.45) is 3.03. The SMILES string of the molecule is CN(Cc1cc(-c2ccc(F)cc2)c[nH]c1=O)C[C@@H](O)Cn1ccc2ccccc21. The number of hydrogen-bond donors (Lipinski definition) is 2. The second kappa shape index (κ2) is 8.65. The lowest BCUT2D eigenvalue weighted by molar-refractivity contribution is 0.108. The molecule has 0 aliphatic carbocycles. The van der Waals surface area contributed by atoms with Crippen molar-refractivity contribution in [2.45, 2.75) is 19.2 Å². The van der Waals surface area contributed by atoms with Gasteiger partial charge in [-0.05, 0) is 53.9 Å². The van der Waals surface area contributed by atoms with Crippen LogP contribution < -0.4 is 5.56 Å². The summed E-state index contributed by atoms with van der Waals surface area (Å²) < 4.78 is 15.2. The highest BCUT2D eigenvalue weighted by Crippen LogP contribution is 2.19. The van der Waals surface area contributed by atoms with Gasteiger partial charge in [-0.25, -0.2) is 4.39 Å². The summed E-state index contributed by atoms with van der Waals surface area (Å²) in [4.78, 5) is 17.0. The highest BCUT2D eigenvalue weighted by atomic mass is 19.1. The molecule has 0 saturated heterocycles. The first kappa shape index (κ1) is 20.1. The fourth-order valence-electron chi connectivity index (χ4n) is 3.76. The standard InChI is InChI=1S/C24H24FN3O2/c1-27(15-22(29)16-28-11-10-18-4-2-3-5-23(18)28)14-20-12-19(13-26-24(20)30)17-6-8-21(25)9-7-17/h2-13,22,29H,14-16H2,1H3,(H,26,30)/t22-/m1/s1. The minimum Gasteiger partial charge on any atom is -0.390 e. The monoisotopic (exact) mass is 405 g/mol. The number of nitrogens with one attached hydrogen (secondary N) is 1. The first-order chi connectivity index (χ1) is 14.5. The predicted octanol–water partition coefficient (Wildman–Crippen LogP) is 3.63. The molecular weight excluding hydrogens is 381 g/mol. The molecule has 0 radical (unpaired) electrons. The van der Waals surface area contributed by atoms with Gasteiger partial charge >= 0.3 is 0 Å². The lowest BCUT2D eigenvalue weighted by Crippen LogP contribution is -2.33. The van der Waals surface area contributed by atoms with E-state index in [9.17, 15) is 14.3 Å². The number of pyridine rings is 1. The fraction of sp³-hybridized carbons (Fsp3) is 0.208. The maximum Gasteiger partial charge on any atom is 0.252 e. The van der Waals surface area contributed by atoms with Crippen molar-refractivity contribution in [2.24, 2.45) is 0 Å². The number of aromatic amines is 1. The van der Waals surface area contributed by atoms with Gasteiger partial charge in [-0.1, -0.05) is 30.3 Å². The molecule has 2 heterocycles. The number of benzene rings is 2. The van der Waals surface area contributed by atoms with E-state index >= 15 is 0 Å². The summed E-state index contributed by atoms with van der Waals surface area (Å²) in [5.74, 6) is -0.299. The van der Waals surface area contributed by atoms with Gasteiger partial charge in [-0.2, -0.15) is 0 Å². The van der Waals surface area contributed by atoms with Crippen LogP contribution in [-0.2, 0) is 13.1 Å². The van der Waals surface area contributed by atoms with Crippen LogP contribution in [0.3, 0.4) is 0 Å². The number of aromatic nitrogens is 2. The van der Waals surface area contributed by atoms with Gasteiger partial charge in [0.15, 0.2) is 0 Å². The summed E-state index contributed by atoms with van der Waals surface area (Å²) in [5, 5.41) is 11.7. The molecule has 0 bridgehead atoms. The second-order valence-electron chi connectivity index (χ2n) is 7.63. The van der Waals surface area contributed by atoms with Crippen LogP contribution in [0.4, 0.5) is 4.39 Å². The maximum atomic E-state index is 13.2. The van der Waals surface area contributed by atoms with Gasteiger partial charge in [-0.3, -0.25) is 9.69 Å². The molecule has 0 aliphatic rings. The predicted molar refractivity (Wildman–Crippen MR) is 117 cm³/mol. The largest absolute Gasteiger partial charge is 0.390 e. The number of rotatable bonds is 7. The Labute approximate surface area is 174 Å². The molecule has 0 aliphatic heterocycles. The van der Waals surface area contributed by atoms with Crippen LogP contribution in [0.1, 0.15) is 5.56 Å². The number of fused-ring (bicyclic) bond motifs is 1. The number of halogens is 1. The summed E-state index contributed by atoms with van der Waals surface area (Å²) in [6.45, 7) is 1.30. The molecule has 2 aromatic heterocycles. The third-order valence-electron chi connectivity index (χ3n) is 5.21. The van der Waals surface area contributed by atoms with Gasteiger partial charge in [-0.15, -0.1) is 0 Å². The second-order valence-corrected chi connectivity index (χ2v) is 7.63. The quantitative estimate of drug-likeness (QED) is 0.494. The zero-order valence-electron chi connectivity index (χ0n) is 16.8. The Hall–Kier alpha value is -3.22. The normalized spacial score (nSPS) is 12.5. The zero-order valence-corrected chi connectivity index (χ0v) is 16.8. The summed E-state index contributed by atoms with van der Waals surface area (Å²) in [5.41, 5.74) is 3.16. The van der Waals surface area contributed by atoms with E-state index in [-0.39, 0.29) is 11.4 Å². The lowest BCUT2D eigenvalue weighted by atomic mass is 10.1. The number of H-pyrrole nitrogens is 1. The molecule has 30 heavy (non-hydrogen) atoms. The zero-order chi connectivity index (χ0) is 21.1. The van der Waals surface area contributed by atoms with Crippen molar-refractivity contribution >= 4 is 10.9 Å². The highest BCUT2D eigenvalue weighted by Gasteiger charge is 2.13. The van der Waals surface area contributed by atoms with Crippen LogP contribution in [0.25, 0.3) is 22.0 Å². The molecule has 2 N–H and O–H groups in total. The minimum absolute atomic E-state index is 0.168. The Bertz CT molecular complexity index is 1200. The molecule has 0 saturated carbocycles. The average molecular weight is 405 g/mol. The molecule has 0 spiro atoms. The van der Waals surface area contributed by atoms with Crippen LogP contribution in [0.2, 0.25) is 0 Å². The van der Waals surface area contributed by atoms with Crippen molar-refractivity contribution in [3.8, 4) is 11.1 Å². The van der Waals surface area contributed by atoms with Crippen LogP contribution in [0, 0.1) is 5.82 Å². The van der Waals surface area contributed by atoms with Gasteiger partial charge in [0.25, 0.3) is 5.56 Å². The van der Waals surface area contributed by atoms with Crippen molar-refractivity contribution in [1.29, 1.82) is 0 Å². The molecule has 0 amide bonds. The lowest BCUT2D eigenvalue weighted by Gasteiger charge is -2.21. The number of aliphatic hydroxyl groups is 1. The first-order valence-electron chi connectivity index (χ1n) is 9.87. The van der Waals surface area contributed by atoms with Crippen molar-refractivity contribution in [1.82, 2.24) is 14.5 Å². The van der Waals surface area contributed by atoms with Gasteiger partial charge < -0.3 is 14.7 Å². The van der Waals surface area contributed by atoms with Crippen molar-refractivity contribution in [3.05, 3.63) is 94.8 Å². The number of nitrogens with zero attached hydrogens (tertiary/aromatic N) is 2. The van der Waals surface area contributed by atoms with E-state index in [2.05, 4.69) is 4.98 Å². The number of aliphatic hydroxyl groups excluding tert-OH is 1. The Morgan fingerprint density at radius 3 is 2.67 bits per heavy atom. The Kier molecular flexibility index (Phi) is 5.79. The van der Waals surface area contributed by atoms with Crippen LogP contribution in [-0.4, -0.2) is 39.3 Å². The molecule has 154 valence electrons. The molecule has 1 atom stereocenters. The average Bonchev–Trinajstić information content (AvgIpc) is 3.13. The van der Waals surface area contributed by atoms with E-state index in [1.807, 2.05) is 59.1 Å². The van der Waals surface area contributed by atoms with Gasteiger partial charge in [0.2, 0.25) is 0 Å². The number of likely N-dealkylation sites (N-methyl/N-ethyl adjacent to an activating group) is 1. The van der Waals surface area contributed by atoms with Gasteiger partial charge in [0, 0.05) is 43.1 Å². The summed E-state index contributed by atoms with van der Waals surface area (Å²) >= 11 is 0. The third-order valence-corrected chi connectivity index (χ3v) is 5.21. The Morgan fingerprint density at radius 1 is 1.10 bits per heavy atom. The highest BCUT2D eigenvalue weighted by molar-refractivity contribution is 5.79. The first-order valence-corrected chi connectivity index (χ1v) is 9.87. The number of para-hydroxylation sites is 1. The van der Waals surface area contributed by atoms with E-state index in [1.165, 1.54) is 12.1 Å². The molecule has 4 aromatic rings. The van der Waals surface area contributed by atoms with Crippen molar-refractivity contribution < 1.29 is 9.50 Å². The molecule has 0 unspecified atom stereocenters. The minimum atomic E-state index is -0.579. The van der Waals surface area contributed by atoms with E-state index in [1.54, 1.807) is 18.3 Å². The Morgan fingerprint density at radius 2 is 1.87 bits per heavy atom.